The molecule has 1 aromatic heterocycles. The quantitative estimate of drug-likeness (QED) is 0.697. The highest BCUT2D eigenvalue weighted by Gasteiger charge is 2.69. The molecule has 3 fully saturated rings. The van der Waals surface area contributed by atoms with E-state index in [0.29, 0.717) is 35.1 Å². The number of carbonyl (C=O) groups is 2. The van der Waals surface area contributed by atoms with E-state index >= 15 is 0 Å². The fourth-order valence-corrected chi connectivity index (χ4v) is 6.32. The van der Waals surface area contributed by atoms with Crippen LogP contribution in [0.2, 0.25) is 0 Å². The molecule has 1 saturated carbocycles. The third-order valence-corrected chi connectivity index (χ3v) is 7.58. The molecule has 2 saturated heterocycles. The number of anilines is 1. The number of halogens is 1. The first kappa shape index (κ1) is 19.8. The molecular weight excluding hydrogens is 419 g/mol. The summed E-state index contributed by atoms with van der Waals surface area (Å²) in [4.78, 5) is 28.4. The van der Waals surface area contributed by atoms with Crippen LogP contribution in [0.5, 0.6) is 0 Å². The summed E-state index contributed by atoms with van der Waals surface area (Å²) in [5.41, 5.74) is 1.64. The highest BCUT2D eigenvalue weighted by Crippen LogP contribution is 2.65. The second kappa shape index (κ2) is 7.54. The summed E-state index contributed by atoms with van der Waals surface area (Å²) in [6.45, 7) is 0.431. The predicted octanol–water partition coefficient (Wildman–Crippen LogP) is 2.71. The van der Waals surface area contributed by atoms with Crippen LogP contribution in [0.25, 0.3) is 11.1 Å². The SMILES string of the molecule is N#CC1(c2ccc(-c3ccc(N4C[C@H](CNC=O)OC4=O)cc3F)cn2)[C@@H]2CSC[C@@H]21. The van der Waals surface area contributed by atoms with Crippen LogP contribution in [0.15, 0.2) is 36.5 Å². The number of cyclic esters (lactones) is 1. The Kier molecular flexibility index (Phi) is 4.82. The zero-order valence-corrected chi connectivity index (χ0v) is 17.3. The Morgan fingerprint density at radius 1 is 1.35 bits per heavy atom. The largest absolute Gasteiger partial charge is 0.442 e. The Morgan fingerprint density at radius 3 is 2.81 bits per heavy atom. The summed E-state index contributed by atoms with van der Waals surface area (Å²) in [7, 11) is 0. The molecule has 1 aliphatic carbocycles. The lowest BCUT2D eigenvalue weighted by Crippen LogP contribution is -2.30. The van der Waals surface area contributed by atoms with E-state index in [1.165, 1.54) is 11.0 Å². The summed E-state index contributed by atoms with van der Waals surface area (Å²) in [6.07, 6.45) is 1.09. The number of nitrogens with zero attached hydrogens (tertiary/aromatic N) is 3. The Morgan fingerprint density at radius 2 is 2.16 bits per heavy atom. The second-order valence-electron chi connectivity index (χ2n) is 7.97. The molecule has 3 aliphatic rings. The molecule has 3 heterocycles. The third-order valence-electron chi connectivity index (χ3n) is 6.39. The van der Waals surface area contributed by atoms with Crippen molar-refractivity contribution in [2.24, 2.45) is 11.8 Å². The summed E-state index contributed by atoms with van der Waals surface area (Å²) in [5.74, 6) is 2.22. The first-order chi connectivity index (χ1) is 15.1. The molecule has 9 heteroatoms. The Balaban J connectivity index is 1.34. The molecule has 2 aliphatic heterocycles. The summed E-state index contributed by atoms with van der Waals surface area (Å²) in [6, 6.07) is 10.7. The van der Waals surface area contributed by atoms with Crippen molar-refractivity contribution in [2.45, 2.75) is 11.5 Å². The number of pyridine rings is 1. The zero-order chi connectivity index (χ0) is 21.6. The Hall–Kier alpha value is -3.12. The van der Waals surface area contributed by atoms with Gasteiger partial charge < -0.3 is 10.1 Å². The topological polar surface area (TPSA) is 95.3 Å². The van der Waals surface area contributed by atoms with E-state index in [0.717, 1.165) is 17.2 Å². The van der Waals surface area contributed by atoms with Gasteiger partial charge in [0.05, 0.1) is 30.5 Å². The van der Waals surface area contributed by atoms with Crippen LogP contribution < -0.4 is 10.2 Å². The van der Waals surface area contributed by atoms with E-state index < -0.39 is 23.4 Å². The van der Waals surface area contributed by atoms with Gasteiger partial charge in [-0.15, -0.1) is 0 Å². The molecule has 158 valence electrons. The van der Waals surface area contributed by atoms with Crippen molar-refractivity contribution in [3.05, 3.63) is 48.0 Å². The Bertz CT molecular complexity index is 1080. The number of hydrogen-bond acceptors (Lipinski definition) is 6. The number of ether oxygens (including phenoxy) is 1. The minimum Gasteiger partial charge on any atom is -0.442 e. The average Bonchev–Trinajstić information content (AvgIpc) is 3.09. The molecular formula is C22H19FN4O3S. The second-order valence-corrected chi connectivity index (χ2v) is 9.04. The molecule has 2 amide bonds. The highest BCUT2D eigenvalue weighted by molar-refractivity contribution is 7.99. The van der Waals surface area contributed by atoms with Gasteiger partial charge in [-0.25, -0.2) is 9.18 Å². The first-order valence-electron chi connectivity index (χ1n) is 9.99. The molecule has 1 unspecified atom stereocenters. The monoisotopic (exact) mass is 438 g/mol. The van der Waals surface area contributed by atoms with Gasteiger partial charge in [0, 0.05) is 17.3 Å². The van der Waals surface area contributed by atoms with Gasteiger partial charge >= 0.3 is 6.09 Å². The van der Waals surface area contributed by atoms with Crippen molar-refractivity contribution in [3.8, 4) is 17.2 Å². The lowest BCUT2D eigenvalue weighted by Gasteiger charge is -2.15. The number of nitriles is 1. The molecule has 31 heavy (non-hydrogen) atoms. The number of rotatable bonds is 6. The number of benzene rings is 1. The van der Waals surface area contributed by atoms with Crippen LogP contribution in [0.4, 0.5) is 14.9 Å². The van der Waals surface area contributed by atoms with Gasteiger partial charge in [-0.2, -0.15) is 17.0 Å². The molecule has 0 bridgehead atoms. The fourth-order valence-electron chi connectivity index (χ4n) is 4.68. The summed E-state index contributed by atoms with van der Waals surface area (Å²) < 4.78 is 20.1. The van der Waals surface area contributed by atoms with Crippen LogP contribution in [0, 0.1) is 29.0 Å². The molecule has 7 nitrogen and oxygen atoms in total. The van der Waals surface area contributed by atoms with Gasteiger partial charge in [-0.3, -0.25) is 14.7 Å². The normalized spacial score (nSPS) is 28.6. The van der Waals surface area contributed by atoms with Crippen LogP contribution >= 0.6 is 11.8 Å². The van der Waals surface area contributed by atoms with Crippen LogP contribution in [-0.2, 0) is 14.9 Å². The molecule has 2 aromatic rings. The van der Waals surface area contributed by atoms with Crippen LogP contribution in [0.1, 0.15) is 5.69 Å². The third kappa shape index (κ3) is 3.13. The smallest absolute Gasteiger partial charge is 0.414 e. The molecule has 4 atom stereocenters. The van der Waals surface area contributed by atoms with Crippen molar-refractivity contribution < 1.29 is 18.7 Å². The maximum atomic E-state index is 14.9. The lowest BCUT2D eigenvalue weighted by molar-refractivity contribution is -0.109. The van der Waals surface area contributed by atoms with Crippen molar-refractivity contribution in [3.63, 3.8) is 0 Å². The number of fused-ring (bicyclic) bond motifs is 1. The maximum absolute atomic E-state index is 14.9. The van der Waals surface area contributed by atoms with Crippen molar-refractivity contribution in [1.82, 2.24) is 10.3 Å². The van der Waals surface area contributed by atoms with Gasteiger partial charge in [-0.1, -0.05) is 6.07 Å². The minimum absolute atomic E-state index is 0.203. The average molecular weight is 438 g/mol. The standard InChI is InChI=1S/C22H19FN4O3S/c23-19-5-14(27-8-15(7-25-12-28)30-21(27)29)2-3-16(19)13-1-4-20(26-6-13)22(11-24)17-9-31-10-18(17)22/h1-6,12,15,17-18H,7-10H2,(H,25,28)/t15-,17-,18+,22?/m0/s1. The number of thioether (sulfide) groups is 1. The first-order valence-corrected chi connectivity index (χ1v) is 11.1. The van der Waals surface area contributed by atoms with Gasteiger partial charge in [0.15, 0.2) is 0 Å². The van der Waals surface area contributed by atoms with Gasteiger partial charge in [0.25, 0.3) is 0 Å². The number of aromatic nitrogens is 1. The van der Waals surface area contributed by atoms with E-state index in [1.54, 1.807) is 24.4 Å². The van der Waals surface area contributed by atoms with Crippen molar-refractivity contribution in [1.29, 1.82) is 5.26 Å². The van der Waals surface area contributed by atoms with E-state index in [1.807, 2.05) is 17.8 Å². The molecule has 5 rings (SSSR count). The number of nitrogens with one attached hydrogen (secondary N) is 1. The number of carbonyl (C=O) groups excluding carboxylic acids is 2. The fraction of sp³-hybridized carbons (Fsp3) is 0.364. The highest BCUT2D eigenvalue weighted by atomic mass is 32.2. The van der Waals surface area contributed by atoms with Gasteiger partial charge in [0.2, 0.25) is 6.41 Å². The summed E-state index contributed by atoms with van der Waals surface area (Å²) in [5, 5.41) is 12.2. The minimum atomic E-state index is -0.578. The van der Waals surface area contributed by atoms with Gasteiger partial charge in [-0.05, 0) is 47.6 Å². The van der Waals surface area contributed by atoms with E-state index in [9.17, 15) is 19.2 Å². The van der Waals surface area contributed by atoms with E-state index in [2.05, 4.69) is 16.4 Å². The number of amides is 2. The van der Waals surface area contributed by atoms with Gasteiger partial charge in [0.1, 0.15) is 17.3 Å². The molecule has 1 N–H and O–H groups in total. The predicted molar refractivity (Wildman–Crippen MR) is 113 cm³/mol. The zero-order valence-electron chi connectivity index (χ0n) is 16.5. The molecule has 0 spiro atoms. The summed E-state index contributed by atoms with van der Waals surface area (Å²) >= 11 is 1.88. The van der Waals surface area contributed by atoms with Crippen LogP contribution in [0.3, 0.4) is 0 Å². The van der Waals surface area contributed by atoms with Crippen molar-refractivity contribution in [2.75, 3.05) is 29.5 Å². The van der Waals surface area contributed by atoms with E-state index in [4.69, 9.17) is 4.74 Å². The van der Waals surface area contributed by atoms with E-state index in [-0.39, 0.29) is 13.1 Å². The Labute approximate surface area is 182 Å². The van der Waals surface area contributed by atoms with Crippen LogP contribution in [-0.4, -0.2) is 48.2 Å². The van der Waals surface area contributed by atoms with Crippen molar-refractivity contribution >= 4 is 30.0 Å². The lowest BCUT2D eigenvalue weighted by atomic mass is 9.97. The molecule has 0 radical (unpaired) electrons. The maximum Gasteiger partial charge on any atom is 0.414 e. The number of hydrogen-bond donors (Lipinski definition) is 1. The molecule has 1 aromatic carbocycles.